The highest BCUT2D eigenvalue weighted by Gasteiger charge is 1.96. The van der Waals surface area contributed by atoms with Crippen LogP contribution in [0.3, 0.4) is 0 Å². The number of hydrogen-bond donors (Lipinski definition) is 0. The van der Waals surface area contributed by atoms with Crippen LogP contribution in [-0.4, -0.2) is 4.98 Å². The van der Waals surface area contributed by atoms with Crippen molar-refractivity contribution >= 4 is 22.6 Å². The second-order valence-corrected chi connectivity index (χ2v) is 3.99. The third-order valence-electron chi connectivity index (χ3n) is 1.67. The number of halogens is 1. The molecule has 1 aromatic heterocycles. The molecule has 0 saturated carbocycles. The minimum Gasteiger partial charge on any atom is -0.456 e. The summed E-state index contributed by atoms with van der Waals surface area (Å²) in [6, 6.07) is 11.6. The normalized spacial score (nSPS) is 9.79. The molecule has 0 N–H and O–H groups in total. The van der Waals surface area contributed by atoms with Crippen LogP contribution in [0.5, 0.6) is 11.5 Å². The standard InChI is InChI=1S/C11H8INO/c12-9-3-1-4-10(7-9)14-11-5-2-6-13-8-11/h1-8H. The zero-order valence-corrected chi connectivity index (χ0v) is 9.51. The lowest BCUT2D eigenvalue weighted by Gasteiger charge is -2.04. The Hall–Kier alpha value is -1.10. The third-order valence-corrected chi connectivity index (χ3v) is 2.34. The van der Waals surface area contributed by atoms with Crippen molar-refractivity contribution in [2.45, 2.75) is 0 Å². The zero-order valence-electron chi connectivity index (χ0n) is 7.35. The third kappa shape index (κ3) is 2.45. The van der Waals surface area contributed by atoms with Gasteiger partial charge in [0.1, 0.15) is 11.5 Å². The monoisotopic (exact) mass is 297 g/mol. The predicted octanol–water partition coefficient (Wildman–Crippen LogP) is 3.48. The first-order valence-electron chi connectivity index (χ1n) is 4.18. The van der Waals surface area contributed by atoms with Crippen molar-refractivity contribution in [2.24, 2.45) is 0 Å². The summed E-state index contributed by atoms with van der Waals surface area (Å²) in [7, 11) is 0. The van der Waals surface area contributed by atoms with E-state index in [1.54, 1.807) is 12.4 Å². The van der Waals surface area contributed by atoms with E-state index in [4.69, 9.17) is 4.74 Å². The molecular weight excluding hydrogens is 289 g/mol. The van der Waals surface area contributed by atoms with Gasteiger partial charge in [-0.1, -0.05) is 6.07 Å². The quantitative estimate of drug-likeness (QED) is 0.792. The van der Waals surface area contributed by atoms with E-state index < -0.39 is 0 Å². The van der Waals surface area contributed by atoms with Crippen molar-refractivity contribution < 1.29 is 4.74 Å². The van der Waals surface area contributed by atoms with Crippen LogP contribution in [0.15, 0.2) is 48.8 Å². The SMILES string of the molecule is Ic1cccc(Oc2cccnc2)c1. The molecular formula is C11H8INO. The molecule has 0 amide bonds. The largest absolute Gasteiger partial charge is 0.456 e. The molecule has 0 aliphatic carbocycles. The summed E-state index contributed by atoms with van der Waals surface area (Å²) in [6.07, 6.45) is 3.42. The second kappa shape index (κ2) is 4.41. The lowest BCUT2D eigenvalue weighted by atomic mass is 10.3. The van der Waals surface area contributed by atoms with E-state index in [0.717, 1.165) is 15.1 Å². The Kier molecular flexibility index (Phi) is 2.98. The van der Waals surface area contributed by atoms with E-state index in [2.05, 4.69) is 27.6 Å². The zero-order chi connectivity index (χ0) is 9.80. The average molecular weight is 297 g/mol. The number of nitrogens with zero attached hydrogens (tertiary/aromatic N) is 1. The maximum absolute atomic E-state index is 5.59. The molecule has 0 unspecified atom stereocenters. The van der Waals surface area contributed by atoms with Gasteiger partial charge in [-0.05, 0) is 52.9 Å². The van der Waals surface area contributed by atoms with E-state index >= 15 is 0 Å². The van der Waals surface area contributed by atoms with Gasteiger partial charge in [0.15, 0.2) is 0 Å². The molecule has 2 rings (SSSR count). The van der Waals surface area contributed by atoms with Crippen LogP contribution in [-0.2, 0) is 0 Å². The lowest BCUT2D eigenvalue weighted by molar-refractivity contribution is 0.480. The van der Waals surface area contributed by atoms with Crippen LogP contribution in [0.4, 0.5) is 0 Å². The average Bonchev–Trinajstić information content (AvgIpc) is 2.19. The van der Waals surface area contributed by atoms with Crippen LogP contribution in [0, 0.1) is 3.57 Å². The number of rotatable bonds is 2. The van der Waals surface area contributed by atoms with Gasteiger partial charge in [0.05, 0.1) is 6.20 Å². The number of aromatic nitrogens is 1. The minimum absolute atomic E-state index is 0.759. The van der Waals surface area contributed by atoms with Crippen molar-refractivity contribution in [3.05, 3.63) is 52.4 Å². The summed E-state index contributed by atoms with van der Waals surface area (Å²) in [5.41, 5.74) is 0. The van der Waals surface area contributed by atoms with Crippen molar-refractivity contribution in [1.82, 2.24) is 4.98 Å². The number of hydrogen-bond acceptors (Lipinski definition) is 2. The molecule has 2 aromatic rings. The fourth-order valence-electron chi connectivity index (χ4n) is 1.07. The Morgan fingerprint density at radius 1 is 1.07 bits per heavy atom. The highest BCUT2D eigenvalue weighted by molar-refractivity contribution is 14.1. The summed E-state index contributed by atoms with van der Waals surface area (Å²) in [5, 5.41) is 0. The van der Waals surface area contributed by atoms with Crippen molar-refractivity contribution in [3.63, 3.8) is 0 Å². The molecule has 0 spiro atoms. The molecule has 0 atom stereocenters. The molecule has 70 valence electrons. The second-order valence-electron chi connectivity index (χ2n) is 2.75. The lowest BCUT2D eigenvalue weighted by Crippen LogP contribution is -1.84. The van der Waals surface area contributed by atoms with Crippen LogP contribution < -0.4 is 4.74 Å². The summed E-state index contributed by atoms with van der Waals surface area (Å²) >= 11 is 2.25. The van der Waals surface area contributed by atoms with Gasteiger partial charge in [0.25, 0.3) is 0 Å². The molecule has 0 bridgehead atoms. The van der Waals surface area contributed by atoms with Crippen molar-refractivity contribution in [3.8, 4) is 11.5 Å². The first-order valence-corrected chi connectivity index (χ1v) is 5.26. The maximum Gasteiger partial charge on any atom is 0.145 e. The topological polar surface area (TPSA) is 22.1 Å². The molecule has 1 aromatic carbocycles. The fourth-order valence-corrected chi connectivity index (χ4v) is 1.59. The fraction of sp³-hybridized carbons (Fsp3) is 0. The predicted molar refractivity (Wildman–Crippen MR) is 63.5 cm³/mol. The molecule has 3 heteroatoms. The summed E-state index contributed by atoms with van der Waals surface area (Å²) in [5.74, 6) is 1.60. The molecule has 1 heterocycles. The highest BCUT2D eigenvalue weighted by atomic mass is 127. The molecule has 0 fully saturated rings. The van der Waals surface area contributed by atoms with Gasteiger partial charge in [0, 0.05) is 9.77 Å². The van der Waals surface area contributed by atoms with Gasteiger partial charge in [0.2, 0.25) is 0 Å². The Morgan fingerprint density at radius 2 is 1.93 bits per heavy atom. The van der Waals surface area contributed by atoms with E-state index in [1.807, 2.05) is 36.4 Å². The van der Waals surface area contributed by atoms with Gasteiger partial charge in [-0.2, -0.15) is 0 Å². The van der Waals surface area contributed by atoms with Gasteiger partial charge >= 0.3 is 0 Å². The Morgan fingerprint density at radius 3 is 2.64 bits per heavy atom. The highest BCUT2D eigenvalue weighted by Crippen LogP contribution is 2.21. The first kappa shape index (κ1) is 9.45. The van der Waals surface area contributed by atoms with Crippen LogP contribution >= 0.6 is 22.6 Å². The van der Waals surface area contributed by atoms with Crippen LogP contribution in [0.25, 0.3) is 0 Å². The summed E-state index contributed by atoms with van der Waals surface area (Å²) in [6.45, 7) is 0. The molecule has 14 heavy (non-hydrogen) atoms. The van der Waals surface area contributed by atoms with Crippen LogP contribution in [0.1, 0.15) is 0 Å². The Labute approximate surface area is 96.1 Å². The van der Waals surface area contributed by atoms with Crippen LogP contribution in [0.2, 0.25) is 0 Å². The Bertz CT molecular complexity index is 417. The van der Waals surface area contributed by atoms with E-state index in [0.29, 0.717) is 0 Å². The summed E-state index contributed by atoms with van der Waals surface area (Å²) < 4.78 is 6.75. The molecule has 2 nitrogen and oxygen atoms in total. The molecule has 0 aliphatic rings. The van der Waals surface area contributed by atoms with E-state index in [-0.39, 0.29) is 0 Å². The Balaban J connectivity index is 2.19. The molecule has 0 aliphatic heterocycles. The van der Waals surface area contributed by atoms with Crippen molar-refractivity contribution in [1.29, 1.82) is 0 Å². The van der Waals surface area contributed by atoms with Gasteiger partial charge < -0.3 is 4.74 Å². The maximum atomic E-state index is 5.59. The van der Waals surface area contributed by atoms with E-state index in [1.165, 1.54) is 0 Å². The number of benzene rings is 1. The molecule has 0 radical (unpaired) electrons. The first-order chi connectivity index (χ1) is 6.84. The van der Waals surface area contributed by atoms with E-state index in [9.17, 15) is 0 Å². The van der Waals surface area contributed by atoms with Gasteiger partial charge in [-0.3, -0.25) is 4.98 Å². The number of ether oxygens (including phenoxy) is 1. The number of pyridine rings is 1. The molecule has 0 saturated heterocycles. The smallest absolute Gasteiger partial charge is 0.145 e. The van der Waals surface area contributed by atoms with Gasteiger partial charge in [-0.25, -0.2) is 0 Å². The van der Waals surface area contributed by atoms with Gasteiger partial charge in [-0.15, -0.1) is 0 Å². The van der Waals surface area contributed by atoms with Crippen molar-refractivity contribution in [2.75, 3.05) is 0 Å². The minimum atomic E-state index is 0.759. The summed E-state index contributed by atoms with van der Waals surface area (Å²) in [4.78, 5) is 3.98.